The smallest absolute Gasteiger partial charge is 0.157 e. The van der Waals surface area contributed by atoms with Gasteiger partial charge < -0.3 is 4.74 Å². The first-order valence-corrected chi connectivity index (χ1v) is 11.1. The van der Waals surface area contributed by atoms with E-state index in [1.807, 2.05) is 6.92 Å². The third-order valence-electron chi connectivity index (χ3n) is 7.78. The molecule has 152 valence electrons. The Balaban J connectivity index is 1.52. The molecule has 0 heterocycles. The van der Waals surface area contributed by atoms with Gasteiger partial charge in [0, 0.05) is 6.61 Å². The molecule has 0 spiro atoms. The fraction of sp³-hybridized carbons (Fsp3) is 1.00. The summed E-state index contributed by atoms with van der Waals surface area (Å²) in [6.07, 6.45) is 4.94. The zero-order chi connectivity index (χ0) is 18.7. The summed E-state index contributed by atoms with van der Waals surface area (Å²) in [6, 6.07) is 0. The molecular weight excluding hydrogens is 337 g/mol. The number of hydrogen-bond donors (Lipinski definition) is 0. The standard InChI is InChI=1S/C22H37F3O/c1-3-14-5-7-15(8-6-14)17-10-9-16(13-19(17)23)18-11-12-20(26-4-2)22(25)21(18)24/h14-22H,3-13H2,1-2H3. The van der Waals surface area contributed by atoms with E-state index in [2.05, 4.69) is 6.92 Å². The van der Waals surface area contributed by atoms with Crippen LogP contribution in [0.25, 0.3) is 0 Å². The van der Waals surface area contributed by atoms with Crippen LogP contribution in [0.4, 0.5) is 13.2 Å². The number of hydrogen-bond acceptors (Lipinski definition) is 1. The minimum Gasteiger partial charge on any atom is -0.375 e. The van der Waals surface area contributed by atoms with E-state index >= 15 is 0 Å². The van der Waals surface area contributed by atoms with E-state index < -0.39 is 24.6 Å². The molecule has 3 rings (SSSR count). The van der Waals surface area contributed by atoms with Gasteiger partial charge in [0.15, 0.2) is 6.17 Å². The van der Waals surface area contributed by atoms with E-state index in [4.69, 9.17) is 4.74 Å². The van der Waals surface area contributed by atoms with Crippen LogP contribution >= 0.6 is 0 Å². The van der Waals surface area contributed by atoms with E-state index in [1.54, 1.807) is 0 Å². The first kappa shape index (κ1) is 20.5. The van der Waals surface area contributed by atoms with Gasteiger partial charge in [0.25, 0.3) is 0 Å². The van der Waals surface area contributed by atoms with Gasteiger partial charge in [-0.25, -0.2) is 13.2 Å². The molecule has 0 aromatic rings. The minimum absolute atomic E-state index is 0.00376. The number of halogens is 3. The van der Waals surface area contributed by atoms with Gasteiger partial charge in [0.1, 0.15) is 12.3 Å². The maximum atomic E-state index is 15.0. The Morgan fingerprint density at radius 1 is 0.731 bits per heavy atom. The van der Waals surface area contributed by atoms with Crippen molar-refractivity contribution in [3.63, 3.8) is 0 Å². The van der Waals surface area contributed by atoms with Crippen molar-refractivity contribution in [2.45, 2.75) is 103 Å². The van der Waals surface area contributed by atoms with Gasteiger partial charge in [-0.1, -0.05) is 26.2 Å². The van der Waals surface area contributed by atoms with Crippen LogP contribution in [0, 0.1) is 29.6 Å². The highest BCUT2D eigenvalue weighted by Gasteiger charge is 2.47. The molecule has 0 radical (unpaired) electrons. The molecule has 0 amide bonds. The van der Waals surface area contributed by atoms with Gasteiger partial charge >= 0.3 is 0 Å². The second-order valence-corrected chi connectivity index (χ2v) is 9.07. The van der Waals surface area contributed by atoms with Crippen LogP contribution < -0.4 is 0 Å². The average molecular weight is 375 g/mol. The Hall–Kier alpha value is -0.250. The molecule has 0 saturated heterocycles. The fourth-order valence-corrected chi connectivity index (χ4v) is 6.12. The number of ether oxygens (including phenoxy) is 1. The summed E-state index contributed by atoms with van der Waals surface area (Å²) >= 11 is 0. The van der Waals surface area contributed by atoms with Gasteiger partial charge in [-0.05, 0) is 81.5 Å². The molecular formula is C22H37F3O. The van der Waals surface area contributed by atoms with Gasteiger partial charge in [-0.3, -0.25) is 0 Å². The second kappa shape index (κ2) is 9.30. The number of rotatable bonds is 5. The molecule has 0 bridgehead atoms. The van der Waals surface area contributed by atoms with Crippen molar-refractivity contribution < 1.29 is 17.9 Å². The molecule has 4 heteroatoms. The highest BCUT2D eigenvalue weighted by Crippen LogP contribution is 2.47. The van der Waals surface area contributed by atoms with E-state index in [0.717, 1.165) is 31.6 Å². The second-order valence-electron chi connectivity index (χ2n) is 9.07. The van der Waals surface area contributed by atoms with Crippen LogP contribution in [0.5, 0.6) is 0 Å². The molecule has 1 nitrogen and oxygen atoms in total. The summed E-state index contributed by atoms with van der Waals surface area (Å²) in [4.78, 5) is 0. The zero-order valence-corrected chi connectivity index (χ0v) is 16.5. The van der Waals surface area contributed by atoms with Crippen LogP contribution in [0.2, 0.25) is 0 Å². The monoisotopic (exact) mass is 374 g/mol. The predicted molar refractivity (Wildman–Crippen MR) is 99.4 cm³/mol. The van der Waals surface area contributed by atoms with E-state index in [0.29, 0.717) is 31.8 Å². The minimum atomic E-state index is -1.55. The molecule has 0 N–H and O–H groups in total. The highest BCUT2D eigenvalue weighted by atomic mass is 19.2. The van der Waals surface area contributed by atoms with Gasteiger partial charge in [0.05, 0.1) is 6.10 Å². The molecule has 0 aliphatic heterocycles. The summed E-state index contributed by atoms with van der Waals surface area (Å²) < 4.78 is 49.4. The quantitative estimate of drug-likeness (QED) is 0.537. The molecule has 3 aliphatic rings. The van der Waals surface area contributed by atoms with E-state index in [-0.39, 0.29) is 17.8 Å². The Labute approximate surface area is 157 Å². The summed E-state index contributed by atoms with van der Waals surface area (Å²) in [5.41, 5.74) is 0. The van der Waals surface area contributed by atoms with Crippen LogP contribution in [-0.2, 0) is 4.74 Å². The number of alkyl halides is 3. The largest absolute Gasteiger partial charge is 0.375 e. The van der Waals surface area contributed by atoms with Crippen LogP contribution in [0.3, 0.4) is 0 Å². The topological polar surface area (TPSA) is 9.23 Å². The highest BCUT2D eigenvalue weighted by molar-refractivity contribution is 4.95. The average Bonchev–Trinajstić information content (AvgIpc) is 2.66. The molecule has 0 aromatic heterocycles. The Bertz CT molecular complexity index is 424. The third-order valence-corrected chi connectivity index (χ3v) is 7.78. The van der Waals surface area contributed by atoms with E-state index in [9.17, 15) is 13.2 Å². The molecule has 3 fully saturated rings. The van der Waals surface area contributed by atoms with Crippen molar-refractivity contribution in [2.75, 3.05) is 6.61 Å². The summed E-state index contributed by atoms with van der Waals surface area (Å²) in [5.74, 6) is 1.18. The summed E-state index contributed by atoms with van der Waals surface area (Å²) in [6.45, 7) is 4.48. The Morgan fingerprint density at radius 2 is 1.38 bits per heavy atom. The third kappa shape index (κ3) is 4.42. The lowest BCUT2D eigenvalue weighted by atomic mass is 9.64. The van der Waals surface area contributed by atoms with Crippen molar-refractivity contribution >= 4 is 0 Å². The van der Waals surface area contributed by atoms with Gasteiger partial charge in [-0.2, -0.15) is 0 Å². The first-order chi connectivity index (χ1) is 12.5. The van der Waals surface area contributed by atoms with Crippen molar-refractivity contribution in [1.82, 2.24) is 0 Å². The van der Waals surface area contributed by atoms with Gasteiger partial charge in [0.2, 0.25) is 0 Å². The summed E-state index contributed by atoms with van der Waals surface area (Å²) in [5, 5.41) is 0. The lowest BCUT2D eigenvalue weighted by Gasteiger charge is -2.44. The molecule has 3 aliphatic carbocycles. The predicted octanol–water partition coefficient (Wildman–Crippen LogP) is 6.45. The van der Waals surface area contributed by atoms with Crippen LogP contribution in [0.15, 0.2) is 0 Å². The van der Waals surface area contributed by atoms with Gasteiger partial charge in [-0.15, -0.1) is 0 Å². The Kier molecular flexibility index (Phi) is 7.32. The summed E-state index contributed by atoms with van der Waals surface area (Å²) in [7, 11) is 0. The lowest BCUT2D eigenvalue weighted by molar-refractivity contribution is -0.0894. The van der Waals surface area contributed by atoms with Crippen molar-refractivity contribution in [3.8, 4) is 0 Å². The first-order valence-electron chi connectivity index (χ1n) is 11.1. The fourth-order valence-electron chi connectivity index (χ4n) is 6.12. The van der Waals surface area contributed by atoms with E-state index in [1.165, 1.54) is 19.3 Å². The van der Waals surface area contributed by atoms with Crippen molar-refractivity contribution in [3.05, 3.63) is 0 Å². The zero-order valence-electron chi connectivity index (χ0n) is 16.5. The maximum Gasteiger partial charge on any atom is 0.157 e. The molecule has 7 atom stereocenters. The van der Waals surface area contributed by atoms with Crippen molar-refractivity contribution in [2.24, 2.45) is 29.6 Å². The molecule has 7 unspecified atom stereocenters. The normalized spacial score (nSPS) is 47.7. The molecule has 0 aromatic carbocycles. The molecule has 26 heavy (non-hydrogen) atoms. The maximum absolute atomic E-state index is 15.0. The lowest BCUT2D eigenvalue weighted by Crippen LogP contribution is -2.47. The van der Waals surface area contributed by atoms with Crippen LogP contribution in [0.1, 0.15) is 78.1 Å². The molecule has 3 saturated carbocycles. The van der Waals surface area contributed by atoms with Crippen molar-refractivity contribution in [1.29, 1.82) is 0 Å². The van der Waals surface area contributed by atoms with Crippen LogP contribution in [-0.4, -0.2) is 31.2 Å². The SMILES string of the molecule is CCOC1CCC(C2CCC(C3CCC(CC)CC3)C(F)C2)C(F)C1F. The Morgan fingerprint density at radius 3 is 2.00 bits per heavy atom.